The Balaban J connectivity index is 1.97. The molecular weight excluding hydrogens is 414 g/mol. The molecule has 0 radical (unpaired) electrons. The Morgan fingerprint density at radius 2 is 1.45 bits per heavy atom. The number of ether oxygens (including phenoxy) is 1. The number of halogens is 1. The number of hydrogen-bond acceptors (Lipinski definition) is 5. The van der Waals surface area contributed by atoms with Crippen molar-refractivity contribution in [3.63, 3.8) is 0 Å². The van der Waals surface area contributed by atoms with E-state index >= 15 is 0 Å². The zero-order chi connectivity index (χ0) is 21.0. The van der Waals surface area contributed by atoms with Gasteiger partial charge in [0.1, 0.15) is 4.90 Å². The van der Waals surface area contributed by atoms with Crippen molar-refractivity contribution in [3.05, 3.63) is 101 Å². The Hall–Kier alpha value is -3.00. The van der Waals surface area contributed by atoms with Gasteiger partial charge in [0.25, 0.3) is 0 Å². The zero-order valence-electron chi connectivity index (χ0n) is 15.0. The average molecular weight is 430 g/mol. The van der Waals surface area contributed by atoms with Gasteiger partial charge in [-0.25, -0.2) is 18.4 Å². The van der Waals surface area contributed by atoms with Gasteiger partial charge in [-0.1, -0.05) is 72.3 Å². The van der Waals surface area contributed by atoms with E-state index in [9.17, 15) is 18.0 Å². The molecule has 3 aromatic rings. The van der Waals surface area contributed by atoms with Gasteiger partial charge >= 0.3 is 5.97 Å². The van der Waals surface area contributed by atoms with Crippen LogP contribution in [0.2, 0.25) is 5.02 Å². The topological polar surface area (TPSA) is 104 Å². The lowest BCUT2D eigenvalue weighted by atomic mass is 10.00. The van der Waals surface area contributed by atoms with Crippen LogP contribution >= 0.6 is 11.6 Å². The predicted molar refractivity (Wildman–Crippen MR) is 108 cm³/mol. The molecule has 0 aliphatic carbocycles. The number of nitrogens with two attached hydrogens (primary N) is 1. The van der Waals surface area contributed by atoms with Crippen molar-refractivity contribution in [1.29, 1.82) is 0 Å². The zero-order valence-corrected chi connectivity index (χ0v) is 16.6. The van der Waals surface area contributed by atoms with Crippen LogP contribution in [0, 0.1) is 0 Å². The highest BCUT2D eigenvalue weighted by Crippen LogP contribution is 2.26. The van der Waals surface area contributed by atoms with Crippen LogP contribution in [0.15, 0.2) is 83.8 Å². The minimum Gasteiger partial charge on any atom is -0.445 e. The summed E-state index contributed by atoms with van der Waals surface area (Å²) in [5.41, 5.74) is 0.756. The van der Waals surface area contributed by atoms with Gasteiger partial charge in [0.05, 0.1) is 10.6 Å². The first-order valence-electron chi connectivity index (χ1n) is 8.45. The lowest BCUT2D eigenvalue weighted by Gasteiger charge is -2.18. The number of primary sulfonamides is 1. The second-order valence-corrected chi connectivity index (χ2v) is 8.05. The summed E-state index contributed by atoms with van der Waals surface area (Å²) in [4.78, 5) is 25.3. The van der Waals surface area contributed by atoms with E-state index in [-0.39, 0.29) is 10.6 Å². The van der Waals surface area contributed by atoms with Gasteiger partial charge in [-0.3, -0.25) is 4.79 Å². The lowest BCUT2D eigenvalue weighted by molar-refractivity contribution is 0.0280. The van der Waals surface area contributed by atoms with E-state index in [1.165, 1.54) is 12.1 Å². The van der Waals surface area contributed by atoms with Crippen molar-refractivity contribution >= 4 is 33.4 Å². The number of hydrogen-bond donors (Lipinski definition) is 1. The van der Waals surface area contributed by atoms with Crippen LogP contribution in [0.4, 0.5) is 0 Å². The molecule has 2 N–H and O–H groups in total. The van der Waals surface area contributed by atoms with Crippen LogP contribution < -0.4 is 5.14 Å². The van der Waals surface area contributed by atoms with Crippen LogP contribution in [-0.4, -0.2) is 20.2 Å². The average Bonchev–Trinajstić information content (AvgIpc) is 2.72. The molecule has 0 heterocycles. The molecule has 8 heteroatoms. The van der Waals surface area contributed by atoms with Gasteiger partial charge in [-0.2, -0.15) is 0 Å². The summed E-state index contributed by atoms with van der Waals surface area (Å²) in [6.45, 7) is 0. The van der Waals surface area contributed by atoms with Gasteiger partial charge in [0.15, 0.2) is 6.10 Å². The Kier molecular flexibility index (Phi) is 6.12. The molecule has 3 aromatic carbocycles. The van der Waals surface area contributed by atoms with E-state index in [4.69, 9.17) is 21.5 Å². The molecule has 148 valence electrons. The van der Waals surface area contributed by atoms with Crippen LogP contribution in [0.3, 0.4) is 0 Å². The van der Waals surface area contributed by atoms with E-state index in [2.05, 4.69) is 0 Å². The summed E-state index contributed by atoms with van der Waals surface area (Å²) < 4.78 is 28.8. The number of sulfonamides is 1. The number of carbonyl (C=O) groups is 2. The third-order valence-corrected chi connectivity index (χ3v) is 5.49. The van der Waals surface area contributed by atoms with Crippen LogP contribution in [0.5, 0.6) is 0 Å². The van der Waals surface area contributed by atoms with E-state index in [0.29, 0.717) is 11.1 Å². The molecular formula is C21H16ClNO5S. The molecule has 0 aliphatic rings. The smallest absolute Gasteiger partial charge is 0.339 e. The van der Waals surface area contributed by atoms with Crippen LogP contribution in [0.1, 0.15) is 32.4 Å². The van der Waals surface area contributed by atoms with Crippen molar-refractivity contribution < 1.29 is 22.7 Å². The van der Waals surface area contributed by atoms with Crippen molar-refractivity contribution in [2.45, 2.75) is 11.0 Å². The monoisotopic (exact) mass is 429 g/mol. The maximum Gasteiger partial charge on any atom is 0.339 e. The van der Waals surface area contributed by atoms with Gasteiger partial charge in [-0.15, -0.1) is 0 Å². The minimum atomic E-state index is -4.14. The maximum absolute atomic E-state index is 13.0. The summed E-state index contributed by atoms with van der Waals surface area (Å²) in [7, 11) is -4.14. The van der Waals surface area contributed by atoms with E-state index < -0.39 is 32.8 Å². The van der Waals surface area contributed by atoms with Crippen molar-refractivity contribution in [3.8, 4) is 0 Å². The summed E-state index contributed by atoms with van der Waals surface area (Å²) >= 11 is 5.85. The fourth-order valence-corrected chi connectivity index (χ4v) is 3.75. The summed E-state index contributed by atoms with van der Waals surface area (Å²) in [6, 6.07) is 20.5. The fourth-order valence-electron chi connectivity index (χ4n) is 2.68. The number of carbonyl (C=O) groups excluding carboxylic acids is 2. The van der Waals surface area contributed by atoms with Crippen molar-refractivity contribution in [2.24, 2.45) is 5.14 Å². The largest absolute Gasteiger partial charge is 0.445 e. The lowest BCUT2D eigenvalue weighted by Crippen LogP contribution is -2.21. The van der Waals surface area contributed by atoms with E-state index in [1.54, 1.807) is 60.7 Å². The first-order valence-corrected chi connectivity index (χ1v) is 10.4. The van der Waals surface area contributed by atoms with Gasteiger partial charge in [0.2, 0.25) is 15.8 Å². The molecule has 3 rings (SSSR count). The van der Waals surface area contributed by atoms with Gasteiger partial charge < -0.3 is 4.74 Å². The minimum absolute atomic E-state index is 0.0970. The molecule has 0 saturated heterocycles. The van der Waals surface area contributed by atoms with Gasteiger partial charge in [-0.05, 0) is 18.2 Å². The fraction of sp³-hybridized carbons (Fsp3) is 0.0476. The van der Waals surface area contributed by atoms with Gasteiger partial charge in [0, 0.05) is 11.1 Å². The highest BCUT2D eigenvalue weighted by atomic mass is 35.5. The maximum atomic E-state index is 13.0. The predicted octanol–water partition coefficient (Wildman–Crippen LogP) is 3.77. The normalized spacial score (nSPS) is 12.2. The number of benzene rings is 3. The summed E-state index contributed by atoms with van der Waals surface area (Å²) in [6.07, 6.45) is -1.21. The molecule has 0 spiro atoms. The highest BCUT2D eigenvalue weighted by Gasteiger charge is 2.27. The number of esters is 1. The first kappa shape index (κ1) is 20.7. The quantitative estimate of drug-likeness (QED) is 0.474. The Bertz CT molecular complexity index is 1150. The van der Waals surface area contributed by atoms with Crippen LogP contribution in [0.25, 0.3) is 0 Å². The van der Waals surface area contributed by atoms with Crippen molar-refractivity contribution in [1.82, 2.24) is 0 Å². The molecule has 29 heavy (non-hydrogen) atoms. The molecule has 0 bridgehead atoms. The van der Waals surface area contributed by atoms with E-state index in [1.807, 2.05) is 0 Å². The number of Topliss-reactive ketones (excluding diaryl/α,β-unsaturated/α-hetero) is 1. The third-order valence-electron chi connectivity index (χ3n) is 4.10. The molecule has 0 aliphatic heterocycles. The molecule has 0 amide bonds. The second-order valence-electron chi connectivity index (χ2n) is 6.12. The molecule has 0 aromatic heterocycles. The molecule has 1 unspecified atom stereocenters. The van der Waals surface area contributed by atoms with Crippen molar-refractivity contribution in [2.75, 3.05) is 0 Å². The second kappa shape index (κ2) is 8.57. The SMILES string of the molecule is NS(=O)(=O)c1cc(C(=O)OC(C(=O)c2ccccc2)c2ccccc2)ccc1Cl. The number of ketones is 1. The molecule has 6 nitrogen and oxygen atoms in total. The Morgan fingerprint density at radius 3 is 2.03 bits per heavy atom. The molecule has 0 fully saturated rings. The Morgan fingerprint density at radius 1 is 0.862 bits per heavy atom. The van der Waals surface area contributed by atoms with Crippen LogP contribution in [-0.2, 0) is 14.8 Å². The Labute approximate surface area is 172 Å². The molecule has 0 saturated carbocycles. The third kappa shape index (κ3) is 4.89. The number of rotatable bonds is 6. The highest BCUT2D eigenvalue weighted by molar-refractivity contribution is 7.89. The summed E-state index contributed by atoms with van der Waals surface area (Å²) in [5, 5.41) is 5.00. The van der Waals surface area contributed by atoms with E-state index in [0.717, 1.165) is 6.07 Å². The molecule has 1 atom stereocenters. The standard InChI is InChI=1S/C21H16ClNO5S/c22-17-12-11-16(13-18(17)29(23,26)27)21(25)28-20(15-9-5-2-6-10-15)19(24)14-7-3-1-4-8-14/h1-13,20H,(H2,23,26,27). The summed E-state index contributed by atoms with van der Waals surface area (Å²) in [5.74, 6) is -1.30. The first-order chi connectivity index (χ1) is 13.8.